The number of amides is 1. The summed E-state index contributed by atoms with van der Waals surface area (Å²) < 4.78 is 24.3. The van der Waals surface area contributed by atoms with Crippen molar-refractivity contribution in [2.75, 3.05) is 11.1 Å². The van der Waals surface area contributed by atoms with Gasteiger partial charge in [-0.3, -0.25) is 4.79 Å². The van der Waals surface area contributed by atoms with E-state index in [4.69, 9.17) is 0 Å². The molecule has 3 rings (SSSR count). The van der Waals surface area contributed by atoms with Crippen LogP contribution in [-0.4, -0.2) is 25.1 Å². The number of benzene rings is 1. The number of anilines is 1. The molecule has 1 aromatic carbocycles. The molecule has 0 aliphatic heterocycles. The summed E-state index contributed by atoms with van der Waals surface area (Å²) in [6.45, 7) is 2.22. The minimum atomic E-state index is -3.31. The number of thiazole rings is 1. The van der Waals surface area contributed by atoms with Crippen LogP contribution in [-0.2, 0) is 33.2 Å². The SMILES string of the molecule is CC1CCc2nc(NC(=O)CCS(=O)(=O)Cc3ccccc3)sc2C1. The molecule has 1 aliphatic rings. The molecule has 1 heterocycles. The molecule has 134 valence electrons. The van der Waals surface area contributed by atoms with E-state index in [0.29, 0.717) is 11.0 Å². The van der Waals surface area contributed by atoms with Gasteiger partial charge in [-0.25, -0.2) is 13.4 Å². The van der Waals surface area contributed by atoms with Gasteiger partial charge in [0.2, 0.25) is 5.91 Å². The smallest absolute Gasteiger partial charge is 0.227 e. The van der Waals surface area contributed by atoms with E-state index in [-0.39, 0.29) is 23.8 Å². The normalized spacial score (nSPS) is 17.1. The first-order chi connectivity index (χ1) is 11.9. The lowest BCUT2D eigenvalue weighted by atomic mass is 9.93. The molecule has 0 saturated heterocycles. The highest BCUT2D eigenvalue weighted by Crippen LogP contribution is 2.32. The molecule has 25 heavy (non-hydrogen) atoms. The Balaban J connectivity index is 1.53. The molecule has 1 unspecified atom stereocenters. The van der Waals surface area contributed by atoms with Crippen molar-refractivity contribution in [2.24, 2.45) is 5.92 Å². The molecule has 1 aliphatic carbocycles. The molecule has 1 atom stereocenters. The average Bonchev–Trinajstić information content (AvgIpc) is 2.95. The Hall–Kier alpha value is -1.73. The number of hydrogen-bond acceptors (Lipinski definition) is 5. The lowest BCUT2D eigenvalue weighted by molar-refractivity contribution is -0.115. The Kier molecular flexibility index (Phi) is 5.54. The lowest BCUT2D eigenvalue weighted by Crippen LogP contribution is -2.18. The Bertz CT molecular complexity index is 844. The van der Waals surface area contributed by atoms with Gasteiger partial charge < -0.3 is 5.32 Å². The Morgan fingerprint density at radius 1 is 1.32 bits per heavy atom. The first-order valence-electron chi connectivity index (χ1n) is 8.44. The van der Waals surface area contributed by atoms with Crippen molar-refractivity contribution in [3.05, 3.63) is 46.5 Å². The van der Waals surface area contributed by atoms with Crippen LogP contribution in [0.15, 0.2) is 30.3 Å². The molecule has 1 N–H and O–H groups in total. The third kappa shape index (κ3) is 5.12. The molecular formula is C18H22N2O3S2. The largest absolute Gasteiger partial charge is 0.302 e. The number of nitrogens with one attached hydrogen (secondary N) is 1. The lowest BCUT2D eigenvalue weighted by Gasteiger charge is -2.15. The minimum absolute atomic E-state index is 0.0371. The van der Waals surface area contributed by atoms with Gasteiger partial charge in [0.15, 0.2) is 15.0 Å². The molecule has 0 radical (unpaired) electrons. The van der Waals surface area contributed by atoms with E-state index in [1.807, 2.05) is 18.2 Å². The molecule has 1 aromatic heterocycles. The van der Waals surface area contributed by atoms with Gasteiger partial charge in [-0.1, -0.05) is 37.3 Å². The monoisotopic (exact) mass is 378 g/mol. The first-order valence-corrected chi connectivity index (χ1v) is 11.1. The van der Waals surface area contributed by atoms with Gasteiger partial charge in [-0.15, -0.1) is 11.3 Å². The Labute approximate surface area is 152 Å². The zero-order chi connectivity index (χ0) is 17.9. The van der Waals surface area contributed by atoms with Crippen LogP contribution in [0.1, 0.15) is 35.9 Å². The summed E-state index contributed by atoms with van der Waals surface area (Å²) in [5.41, 5.74) is 1.82. The number of aryl methyl sites for hydroxylation is 1. The molecule has 1 amide bonds. The molecule has 7 heteroatoms. The summed E-state index contributed by atoms with van der Waals surface area (Å²) in [6, 6.07) is 9.01. The van der Waals surface area contributed by atoms with Gasteiger partial charge in [0.05, 0.1) is 17.2 Å². The molecule has 0 spiro atoms. The van der Waals surface area contributed by atoms with Crippen molar-refractivity contribution in [3.8, 4) is 0 Å². The zero-order valence-electron chi connectivity index (χ0n) is 14.2. The molecular weight excluding hydrogens is 356 g/mol. The van der Waals surface area contributed by atoms with E-state index >= 15 is 0 Å². The van der Waals surface area contributed by atoms with Crippen molar-refractivity contribution in [2.45, 2.75) is 38.4 Å². The van der Waals surface area contributed by atoms with E-state index < -0.39 is 9.84 Å². The third-order valence-electron chi connectivity index (χ3n) is 4.30. The van der Waals surface area contributed by atoms with Gasteiger partial charge in [0, 0.05) is 11.3 Å². The maximum atomic E-state index is 12.2. The second-order valence-corrected chi connectivity index (χ2v) is 9.88. The summed E-state index contributed by atoms with van der Waals surface area (Å²) in [5.74, 6) is 0.163. The van der Waals surface area contributed by atoms with Gasteiger partial charge in [0.25, 0.3) is 0 Å². The Morgan fingerprint density at radius 3 is 2.84 bits per heavy atom. The van der Waals surface area contributed by atoms with Crippen LogP contribution < -0.4 is 5.32 Å². The summed E-state index contributed by atoms with van der Waals surface area (Å²) in [5, 5.41) is 3.34. The summed E-state index contributed by atoms with van der Waals surface area (Å²) >= 11 is 1.51. The maximum absolute atomic E-state index is 12.2. The summed E-state index contributed by atoms with van der Waals surface area (Å²) in [4.78, 5) is 17.8. The third-order valence-corrected chi connectivity index (χ3v) is 6.94. The van der Waals surface area contributed by atoms with E-state index in [9.17, 15) is 13.2 Å². The highest BCUT2D eigenvalue weighted by atomic mass is 32.2. The fourth-order valence-corrected chi connectivity index (χ4v) is 5.45. The summed E-state index contributed by atoms with van der Waals surface area (Å²) in [6.07, 6.45) is 3.04. The van der Waals surface area contributed by atoms with Crippen LogP contribution in [0.2, 0.25) is 0 Å². The quantitative estimate of drug-likeness (QED) is 0.837. The van der Waals surface area contributed by atoms with Crippen molar-refractivity contribution in [1.29, 1.82) is 0 Å². The number of fused-ring (bicyclic) bond motifs is 1. The first kappa shape index (κ1) is 18.1. The fourth-order valence-electron chi connectivity index (χ4n) is 2.92. The van der Waals surface area contributed by atoms with E-state index in [0.717, 1.165) is 30.5 Å². The van der Waals surface area contributed by atoms with Gasteiger partial charge >= 0.3 is 0 Å². The van der Waals surface area contributed by atoms with Crippen molar-refractivity contribution in [3.63, 3.8) is 0 Å². The predicted octanol–water partition coefficient (Wildman–Crippen LogP) is 3.21. The highest BCUT2D eigenvalue weighted by Gasteiger charge is 2.21. The number of carbonyl (C=O) groups excluding carboxylic acids is 1. The van der Waals surface area contributed by atoms with Gasteiger partial charge in [-0.2, -0.15) is 0 Å². The number of nitrogens with zero attached hydrogens (tertiary/aromatic N) is 1. The van der Waals surface area contributed by atoms with Crippen molar-refractivity contribution >= 4 is 32.2 Å². The molecule has 0 bridgehead atoms. The standard InChI is InChI=1S/C18H22N2O3S2/c1-13-7-8-15-16(11-13)24-18(19-15)20-17(21)9-10-25(22,23)12-14-5-3-2-4-6-14/h2-6,13H,7-12H2,1H3,(H,19,20,21). The number of rotatable bonds is 6. The minimum Gasteiger partial charge on any atom is -0.302 e. The van der Waals surface area contributed by atoms with E-state index in [2.05, 4.69) is 17.2 Å². The number of carbonyl (C=O) groups is 1. The van der Waals surface area contributed by atoms with Crippen molar-refractivity contribution < 1.29 is 13.2 Å². The predicted molar refractivity (Wildman–Crippen MR) is 100 cm³/mol. The average molecular weight is 379 g/mol. The number of hydrogen-bond donors (Lipinski definition) is 1. The number of aromatic nitrogens is 1. The van der Waals surface area contributed by atoms with Crippen LogP contribution in [0.4, 0.5) is 5.13 Å². The van der Waals surface area contributed by atoms with Crippen LogP contribution in [0.5, 0.6) is 0 Å². The van der Waals surface area contributed by atoms with Crippen LogP contribution in [0, 0.1) is 5.92 Å². The second-order valence-electron chi connectivity index (χ2n) is 6.61. The van der Waals surface area contributed by atoms with Gasteiger partial charge in [0.1, 0.15) is 0 Å². The second kappa shape index (κ2) is 7.66. The zero-order valence-corrected chi connectivity index (χ0v) is 15.8. The molecule has 0 saturated carbocycles. The topological polar surface area (TPSA) is 76.1 Å². The molecule has 5 nitrogen and oxygen atoms in total. The van der Waals surface area contributed by atoms with Crippen molar-refractivity contribution in [1.82, 2.24) is 4.98 Å². The fraction of sp³-hybridized carbons (Fsp3) is 0.444. The van der Waals surface area contributed by atoms with E-state index in [1.165, 1.54) is 16.2 Å². The molecule has 0 fully saturated rings. The van der Waals surface area contributed by atoms with E-state index in [1.54, 1.807) is 12.1 Å². The van der Waals surface area contributed by atoms with Gasteiger partial charge in [-0.05, 0) is 30.7 Å². The highest BCUT2D eigenvalue weighted by molar-refractivity contribution is 7.90. The molecule has 2 aromatic rings. The maximum Gasteiger partial charge on any atom is 0.227 e. The van der Waals surface area contributed by atoms with Crippen LogP contribution in [0.3, 0.4) is 0 Å². The van der Waals surface area contributed by atoms with Crippen LogP contribution >= 0.6 is 11.3 Å². The van der Waals surface area contributed by atoms with Crippen LogP contribution in [0.25, 0.3) is 0 Å². The summed E-state index contributed by atoms with van der Waals surface area (Å²) in [7, 11) is -3.31. The Morgan fingerprint density at radius 2 is 2.08 bits per heavy atom. The number of sulfone groups is 1.